The van der Waals surface area contributed by atoms with E-state index in [1.54, 1.807) is 53.4 Å². The van der Waals surface area contributed by atoms with Crippen LogP contribution in [-0.2, 0) is 0 Å². The van der Waals surface area contributed by atoms with Crippen LogP contribution in [-0.4, -0.2) is 33.8 Å². The Morgan fingerprint density at radius 2 is 1.57 bits per heavy atom. The van der Waals surface area contributed by atoms with Gasteiger partial charge >= 0.3 is 0 Å². The number of carbonyl (C=O) groups excluding carboxylic acids is 1. The highest BCUT2D eigenvalue weighted by Gasteiger charge is 2.44. The minimum Gasteiger partial charge on any atom is -0.494 e. The highest BCUT2D eigenvalue weighted by Crippen LogP contribution is 2.46. The van der Waals surface area contributed by atoms with Crippen molar-refractivity contribution in [2.24, 2.45) is 0 Å². The van der Waals surface area contributed by atoms with Crippen molar-refractivity contribution in [3.8, 4) is 23.0 Å². The van der Waals surface area contributed by atoms with Gasteiger partial charge in [0.05, 0.1) is 44.9 Å². The average Bonchev–Trinajstić information content (AvgIpc) is 3.21. The van der Waals surface area contributed by atoms with Crippen LogP contribution >= 0.6 is 0 Å². The van der Waals surface area contributed by atoms with Gasteiger partial charge in [-0.3, -0.25) is 14.5 Å². The van der Waals surface area contributed by atoms with Crippen LogP contribution in [0.15, 0.2) is 63.8 Å². The number of ether oxygens (including phenoxy) is 4. The van der Waals surface area contributed by atoms with Crippen LogP contribution < -0.4 is 29.3 Å². The molecular weight excluding hydrogens is 474 g/mol. The van der Waals surface area contributed by atoms with Gasteiger partial charge in [-0.1, -0.05) is 11.6 Å². The van der Waals surface area contributed by atoms with Crippen LogP contribution in [0.3, 0.4) is 0 Å². The molecule has 37 heavy (non-hydrogen) atoms. The second kappa shape index (κ2) is 9.54. The third-order valence-corrected chi connectivity index (χ3v) is 6.45. The molecule has 8 nitrogen and oxygen atoms in total. The molecule has 5 rings (SSSR count). The molecule has 1 unspecified atom stereocenters. The minimum absolute atomic E-state index is 0.00832. The van der Waals surface area contributed by atoms with Gasteiger partial charge in [-0.25, -0.2) is 0 Å². The van der Waals surface area contributed by atoms with Gasteiger partial charge in [-0.05, 0) is 67.9 Å². The Balaban J connectivity index is 1.79. The van der Waals surface area contributed by atoms with Crippen LogP contribution in [0.5, 0.6) is 23.0 Å². The Morgan fingerprint density at radius 1 is 0.892 bits per heavy atom. The number of hydrogen-bond donors (Lipinski definition) is 0. The van der Waals surface area contributed by atoms with Gasteiger partial charge in [-0.2, -0.15) is 0 Å². The molecule has 1 aliphatic heterocycles. The van der Waals surface area contributed by atoms with E-state index in [4.69, 9.17) is 23.4 Å². The maximum atomic E-state index is 13.9. The highest BCUT2D eigenvalue weighted by molar-refractivity contribution is 6.10. The van der Waals surface area contributed by atoms with Gasteiger partial charge in [-0.15, -0.1) is 0 Å². The first-order chi connectivity index (χ1) is 17.9. The number of nitrogens with zero attached hydrogens (tertiary/aromatic N) is 1. The predicted octanol–water partition coefficient (Wildman–Crippen LogP) is 5.28. The van der Waals surface area contributed by atoms with E-state index in [0.29, 0.717) is 51.8 Å². The molecule has 8 heteroatoms. The number of amides is 1. The second-order valence-corrected chi connectivity index (χ2v) is 8.64. The summed E-state index contributed by atoms with van der Waals surface area (Å²) < 4.78 is 28.3. The Labute approximate surface area is 213 Å². The lowest BCUT2D eigenvalue weighted by Gasteiger charge is -2.26. The molecule has 1 amide bonds. The molecule has 0 saturated carbocycles. The summed E-state index contributed by atoms with van der Waals surface area (Å²) in [5, 5.41) is 0.414. The average molecular weight is 502 g/mol. The SMILES string of the molecule is CCOc1ccc(N2C(=O)c3oc4ccc(C)cc4c(=O)c3C2c2cc(OC)c(OC)c(OC)c2)cc1. The standard InChI is InChI=1S/C29H27NO7/c1-6-36-19-10-8-18(9-11-19)30-25(17-14-22(33-3)27(35-5)23(15-17)34-4)24-26(31)20-13-16(2)7-12-21(20)37-28(24)29(30)32/h7-15,25H,6H2,1-5H3. The first-order valence-electron chi connectivity index (χ1n) is 11.9. The van der Waals surface area contributed by atoms with Crippen LogP contribution in [0.4, 0.5) is 5.69 Å². The van der Waals surface area contributed by atoms with Crippen LogP contribution in [0, 0.1) is 6.92 Å². The molecular formula is C29H27NO7. The van der Waals surface area contributed by atoms with E-state index >= 15 is 0 Å². The molecule has 0 spiro atoms. The number of carbonyl (C=O) groups is 1. The summed E-state index contributed by atoms with van der Waals surface area (Å²) >= 11 is 0. The molecule has 0 bridgehead atoms. The minimum atomic E-state index is -0.796. The Kier molecular flexibility index (Phi) is 6.25. The number of benzene rings is 3. The number of fused-ring (bicyclic) bond motifs is 2. The lowest BCUT2D eigenvalue weighted by molar-refractivity contribution is 0.0971. The maximum absolute atomic E-state index is 13.9. The number of rotatable bonds is 7. The van der Waals surface area contributed by atoms with E-state index < -0.39 is 11.9 Å². The fraction of sp³-hybridized carbons (Fsp3) is 0.241. The van der Waals surface area contributed by atoms with Gasteiger partial charge in [0.1, 0.15) is 11.3 Å². The molecule has 4 aromatic rings. The van der Waals surface area contributed by atoms with Crippen molar-refractivity contribution < 1.29 is 28.2 Å². The van der Waals surface area contributed by atoms with E-state index in [1.165, 1.54) is 21.3 Å². The number of aryl methyl sites for hydroxylation is 1. The summed E-state index contributed by atoms with van der Waals surface area (Å²) in [5.41, 5.74) is 2.46. The molecule has 0 aliphatic carbocycles. The summed E-state index contributed by atoms with van der Waals surface area (Å²) in [6.45, 7) is 4.32. The topological polar surface area (TPSA) is 87.4 Å². The molecule has 190 valence electrons. The fourth-order valence-electron chi connectivity index (χ4n) is 4.80. The molecule has 0 fully saturated rings. The van der Waals surface area contributed by atoms with Crippen LogP contribution in [0.1, 0.15) is 40.2 Å². The van der Waals surface area contributed by atoms with Gasteiger partial charge in [0, 0.05) is 5.69 Å². The smallest absolute Gasteiger partial charge is 0.295 e. The predicted molar refractivity (Wildman–Crippen MR) is 140 cm³/mol. The van der Waals surface area contributed by atoms with E-state index in [0.717, 1.165) is 5.56 Å². The number of hydrogen-bond acceptors (Lipinski definition) is 7. The van der Waals surface area contributed by atoms with Crippen molar-refractivity contribution >= 4 is 22.6 Å². The van der Waals surface area contributed by atoms with Crippen LogP contribution in [0.2, 0.25) is 0 Å². The van der Waals surface area contributed by atoms with Crippen molar-refractivity contribution in [3.63, 3.8) is 0 Å². The van der Waals surface area contributed by atoms with Gasteiger partial charge < -0.3 is 23.4 Å². The fourth-order valence-corrected chi connectivity index (χ4v) is 4.80. The quantitative estimate of drug-likeness (QED) is 0.341. The number of methoxy groups -OCH3 is 3. The van der Waals surface area contributed by atoms with Crippen LogP contribution in [0.25, 0.3) is 11.0 Å². The third kappa shape index (κ3) is 3.94. The summed E-state index contributed by atoms with van der Waals surface area (Å²) in [4.78, 5) is 29.3. The van der Waals surface area contributed by atoms with Gasteiger partial charge in [0.25, 0.3) is 5.91 Å². The third-order valence-electron chi connectivity index (χ3n) is 6.45. The van der Waals surface area contributed by atoms with E-state index in [-0.39, 0.29) is 16.8 Å². The lowest BCUT2D eigenvalue weighted by atomic mass is 9.97. The van der Waals surface area contributed by atoms with Crippen molar-refractivity contribution in [2.75, 3.05) is 32.8 Å². The highest BCUT2D eigenvalue weighted by atomic mass is 16.5. The lowest BCUT2D eigenvalue weighted by Crippen LogP contribution is -2.29. The molecule has 1 atom stereocenters. The summed E-state index contributed by atoms with van der Waals surface area (Å²) in [6.07, 6.45) is 0. The van der Waals surface area contributed by atoms with Gasteiger partial charge in [0.15, 0.2) is 16.9 Å². The van der Waals surface area contributed by atoms with Crippen molar-refractivity contribution in [3.05, 3.63) is 87.3 Å². The first-order valence-corrected chi connectivity index (χ1v) is 11.9. The zero-order valence-corrected chi connectivity index (χ0v) is 21.3. The number of anilines is 1. The zero-order valence-electron chi connectivity index (χ0n) is 21.3. The summed E-state index contributed by atoms with van der Waals surface area (Å²) in [7, 11) is 4.55. The van der Waals surface area contributed by atoms with Crippen molar-refractivity contribution in [1.29, 1.82) is 0 Å². The van der Waals surface area contributed by atoms with E-state index in [9.17, 15) is 9.59 Å². The molecule has 1 aromatic heterocycles. The summed E-state index contributed by atoms with van der Waals surface area (Å²) in [6, 6.07) is 15.2. The van der Waals surface area contributed by atoms with E-state index in [1.807, 2.05) is 19.9 Å². The zero-order chi connectivity index (χ0) is 26.3. The summed E-state index contributed by atoms with van der Waals surface area (Å²) in [5.74, 6) is 1.49. The normalized spacial score (nSPS) is 14.6. The first kappa shape index (κ1) is 24.2. The second-order valence-electron chi connectivity index (χ2n) is 8.64. The Morgan fingerprint density at radius 3 is 2.16 bits per heavy atom. The molecule has 1 aliphatic rings. The van der Waals surface area contributed by atoms with Crippen molar-refractivity contribution in [2.45, 2.75) is 19.9 Å². The maximum Gasteiger partial charge on any atom is 0.295 e. The largest absolute Gasteiger partial charge is 0.494 e. The molecule has 2 heterocycles. The molecule has 0 radical (unpaired) electrons. The monoisotopic (exact) mass is 501 g/mol. The molecule has 0 saturated heterocycles. The Bertz CT molecular complexity index is 1530. The molecule has 0 N–H and O–H groups in total. The Hall–Kier alpha value is -4.46. The molecule has 3 aromatic carbocycles. The van der Waals surface area contributed by atoms with E-state index in [2.05, 4.69) is 0 Å². The van der Waals surface area contributed by atoms with Gasteiger partial charge in [0.2, 0.25) is 11.5 Å². The van der Waals surface area contributed by atoms with Crippen molar-refractivity contribution in [1.82, 2.24) is 0 Å².